The smallest absolute Gasteiger partial charge is 0.338 e. The van der Waals surface area contributed by atoms with Gasteiger partial charge in [0.05, 0.1) is 19.3 Å². The zero-order valence-corrected chi connectivity index (χ0v) is 10.3. The molecule has 1 heterocycles. The number of carbonyl (C=O) groups is 1. The summed E-state index contributed by atoms with van der Waals surface area (Å²) >= 11 is 0. The lowest BCUT2D eigenvalue weighted by Crippen LogP contribution is -2.27. The number of hydrogen-bond donors (Lipinski definition) is 1. The van der Waals surface area contributed by atoms with E-state index in [1.807, 2.05) is 0 Å². The summed E-state index contributed by atoms with van der Waals surface area (Å²) < 4.78 is 10.8. The molecule has 1 saturated heterocycles. The summed E-state index contributed by atoms with van der Waals surface area (Å²) in [7, 11) is 0. The fraction of sp³-hybridized carbons (Fsp3) is 0.923. The van der Waals surface area contributed by atoms with E-state index in [1.165, 1.54) is 32.1 Å². The predicted molar refractivity (Wildman–Crippen MR) is 63.0 cm³/mol. The minimum absolute atomic E-state index is 0.333. The summed E-state index contributed by atoms with van der Waals surface area (Å²) in [5, 5.41) is 8.94. The Kier molecular flexibility index (Phi) is 4.40. The molecule has 1 aliphatic carbocycles. The van der Waals surface area contributed by atoms with Crippen molar-refractivity contribution in [1.29, 1.82) is 0 Å². The van der Waals surface area contributed by atoms with E-state index in [9.17, 15) is 4.79 Å². The quantitative estimate of drug-likeness (QED) is 0.752. The van der Waals surface area contributed by atoms with Gasteiger partial charge in [-0.2, -0.15) is 0 Å². The third-order valence-electron chi connectivity index (χ3n) is 3.79. The van der Waals surface area contributed by atoms with Crippen LogP contribution in [-0.2, 0) is 14.3 Å². The molecule has 1 aliphatic heterocycles. The van der Waals surface area contributed by atoms with Crippen molar-refractivity contribution >= 4 is 5.97 Å². The molecular formula is C13H22O4. The maximum absolute atomic E-state index is 10.9. The van der Waals surface area contributed by atoms with Gasteiger partial charge in [0.2, 0.25) is 0 Å². The molecule has 2 fully saturated rings. The Morgan fingerprint density at radius 2 is 1.82 bits per heavy atom. The van der Waals surface area contributed by atoms with E-state index in [0.717, 1.165) is 12.8 Å². The van der Waals surface area contributed by atoms with Crippen LogP contribution in [0, 0.1) is 0 Å². The molecule has 0 bridgehead atoms. The first-order valence-electron chi connectivity index (χ1n) is 6.72. The van der Waals surface area contributed by atoms with Crippen LogP contribution >= 0.6 is 0 Å². The Bertz CT molecular complexity index is 252. The van der Waals surface area contributed by atoms with Gasteiger partial charge in [-0.1, -0.05) is 32.1 Å². The minimum Gasteiger partial charge on any atom is -0.479 e. The Morgan fingerprint density at radius 3 is 2.35 bits per heavy atom. The second kappa shape index (κ2) is 5.83. The fourth-order valence-corrected chi connectivity index (χ4v) is 2.44. The van der Waals surface area contributed by atoms with E-state index in [1.54, 1.807) is 0 Å². The Balaban J connectivity index is 1.65. The molecule has 0 spiro atoms. The second-order valence-corrected chi connectivity index (χ2v) is 5.18. The number of ether oxygens (including phenoxy) is 2. The van der Waals surface area contributed by atoms with Gasteiger partial charge in [0, 0.05) is 6.42 Å². The number of epoxide rings is 1. The second-order valence-electron chi connectivity index (χ2n) is 5.18. The first kappa shape index (κ1) is 12.8. The molecular weight excluding hydrogens is 220 g/mol. The van der Waals surface area contributed by atoms with E-state index in [-0.39, 0.29) is 0 Å². The lowest BCUT2D eigenvalue weighted by atomic mass is 9.98. The van der Waals surface area contributed by atoms with Gasteiger partial charge in [0.15, 0.2) is 5.60 Å². The molecule has 17 heavy (non-hydrogen) atoms. The van der Waals surface area contributed by atoms with Gasteiger partial charge >= 0.3 is 5.97 Å². The van der Waals surface area contributed by atoms with Crippen molar-refractivity contribution in [1.82, 2.24) is 0 Å². The molecule has 0 aromatic heterocycles. The van der Waals surface area contributed by atoms with Crippen LogP contribution in [0.15, 0.2) is 0 Å². The van der Waals surface area contributed by atoms with Crippen LogP contribution in [0.5, 0.6) is 0 Å². The molecule has 4 heteroatoms. The third-order valence-corrected chi connectivity index (χ3v) is 3.79. The maximum Gasteiger partial charge on any atom is 0.338 e. The molecule has 0 aromatic rings. The van der Waals surface area contributed by atoms with Gasteiger partial charge < -0.3 is 14.6 Å². The summed E-state index contributed by atoms with van der Waals surface area (Å²) in [6.45, 7) is 0.854. The summed E-state index contributed by atoms with van der Waals surface area (Å²) in [4.78, 5) is 10.9. The average molecular weight is 242 g/mol. The minimum atomic E-state index is -0.915. The van der Waals surface area contributed by atoms with Gasteiger partial charge in [-0.15, -0.1) is 0 Å². The first-order chi connectivity index (χ1) is 8.23. The maximum atomic E-state index is 10.9. The molecule has 0 radical (unpaired) electrons. The molecule has 1 N–H and O–H groups in total. The number of carboxylic acid groups (broad SMARTS) is 1. The van der Waals surface area contributed by atoms with Crippen molar-refractivity contribution in [3.05, 3.63) is 0 Å². The van der Waals surface area contributed by atoms with Crippen LogP contribution in [-0.4, -0.2) is 36.0 Å². The monoisotopic (exact) mass is 242 g/mol. The van der Waals surface area contributed by atoms with E-state index in [0.29, 0.717) is 25.7 Å². The van der Waals surface area contributed by atoms with Crippen molar-refractivity contribution in [3.63, 3.8) is 0 Å². The summed E-state index contributed by atoms with van der Waals surface area (Å²) in [6, 6.07) is 0. The highest BCUT2D eigenvalue weighted by atomic mass is 16.6. The summed E-state index contributed by atoms with van der Waals surface area (Å²) in [5.74, 6) is -0.848. The van der Waals surface area contributed by atoms with E-state index in [2.05, 4.69) is 0 Å². The summed E-state index contributed by atoms with van der Waals surface area (Å²) in [6.07, 6.45) is 9.52. The van der Waals surface area contributed by atoms with Crippen LogP contribution in [0.3, 0.4) is 0 Å². The molecule has 1 unspecified atom stereocenters. The summed E-state index contributed by atoms with van der Waals surface area (Å²) in [5.41, 5.74) is -0.915. The van der Waals surface area contributed by atoms with Gasteiger partial charge in [0.25, 0.3) is 0 Å². The fourth-order valence-electron chi connectivity index (χ4n) is 2.44. The Hall–Kier alpha value is -0.610. The van der Waals surface area contributed by atoms with Crippen molar-refractivity contribution in [2.24, 2.45) is 0 Å². The number of carboxylic acids is 1. The van der Waals surface area contributed by atoms with Crippen LogP contribution < -0.4 is 0 Å². The normalized spacial score (nSPS) is 30.6. The predicted octanol–water partition coefficient (Wildman–Crippen LogP) is 2.36. The zero-order chi connectivity index (χ0) is 12.1. The largest absolute Gasteiger partial charge is 0.479 e. The molecule has 4 nitrogen and oxygen atoms in total. The van der Waals surface area contributed by atoms with Gasteiger partial charge in [-0.25, -0.2) is 4.79 Å². The number of aliphatic carboxylic acids is 1. The highest BCUT2D eigenvalue weighted by molar-refractivity contribution is 5.80. The van der Waals surface area contributed by atoms with E-state index >= 15 is 0 Å². The van der Waals surface area contributed by atoms with Gasteiger partial charge in [-0.05, 0) is 12.8 Å². The molecule has 2 rings (SSSR count). The van der Waals surface area contributed by atoms with Gasteiger partial charge in [-0.3, -0.25) is 0 Å². The highest BCUT2D eigenvalue weighted by Gasteiger charge is 2.52. The lowest BCUT2D eigenvalue weighted by Gasteiger charge is -2.20. The lowest BCUT2D eigenvalue weighted by molar-refractivity contribution is -0.144. The number of hydrogen-bond acceptors (Lipinski definition) is 3. The standard InChI is InChI=1S/C13H22O4/c14-12(15)13(10-17-13)8-9-16-11-6-4-2-1-3-5-7-11/h11H,1-10H2,(H,14,15). The Labute approximate surface area is 102 Å². The van der Waals surface area contributed by atoms with Crippen molar-refractivity contribution in [2.45, 2.75) is 63.1 Å². The Morgan fingerprint density at radius 1 is 1.24 bits per heavy atom. The van der Waals surface area contributed by atoms with Crippen LogP contribution in [0.2, 0.25) is 0 Å². The van der Waals surface area contributed by atoms with Gasteiger partial charge in [0.1, 0.15) is 0 Å². The zero-order valence-electron chi connectivity index (χ0n) is 10.3. The van der Waals surface area contributed by atoms with Crippen LogP contribution in [0.4, 0.5) is 0 Å². The van der Waals surface area contributed by atoms with Crippen LogP contribution in [0.25, 0.3) is 0 Å². The van der Waals surface area contributed by atoms with Crippen molar-refractivity contribution in [3.8, 4) is 0 Å². The molecule has 2 aliphatic rings. The average Bonchev–Trinajstić information content (AvgIpc) is 3.02. The van der Waals surface area contributed by atoms with Crippen LogP contribution in [0.1, 0.15) is 51.4 Å². The molecule has 98 valence electrons. The SMILES string of the molecule is O=C(O)C1(CCOC2CCCCCCC2)CO1. The molecule has 0 amide bonds. The third kappa shape index (κ3) is 3.68. The van der Waals surface area contributed by atoms with Crippen molar-refractivity contribution < 1.29 is 19.4 Å². The van der Waals surface area contributed by atoms with Crippen molar-refractivity contribution in [2.75, 3.05) is 13.2 Å². The first-order valence-corrected chi connectivity index (χ1v) is 6.72. The van der Waals surface area contributed by atoms with E-state index < -0.39 is 11.6 Å². The molecule has 1 saturated carbocycles. The van der Waals surface area contributed by atoms with E-state index in [4.69, 9.17) is 14.6 Å². The highest BCUT2D eigenvalue weighted by Crippen LogP contribution is 2.31. The molecule has 1 atom stereocenters. The topological polar surface area (TPSA) is 59.1 Å². The number of rotatable bonds is 5. The molecule has 0 aromatic carbocycles.